The van der Waals surface area contributed by atoms with Gasteiger partial charge in [0, 0.05) is 24.7 Å². The van der Waals surface area contributed by atoms with Crippen LogP contribution in [-0.4, -0.2) is 47.5 Å². The van der Waals surface area contributed by atoms with Gasteiger partial charge in [0.05, 0.1) is 17.9 Å². The molecular formula is C26H38N4O3S. The second-order valence-electron chi connectivity index (χ2n) is 9.83. The fourth-order valence-electron chi connectivity index (χ4n) is 5.25. The molecule has 4 rings (SSSR count). The Morgan fingerprint density at radius 2 is 1.53 bits per heavy atom. The monoisotopic (exact) mass is 486 g/mol. The number of aryl methyl sites for hydroxylation is 1. The summed E-state index contributed by atoms with van der Waals surface area (Å²) in [6.07, 6.45) is 11.0. The van der Waals surface area contributed by atoms with E-state index in [1.807, 2.05) is 31.2 Å². The fraction of sp³-hybridized carbons (Fsp3) is 0.615. The summed E-state index contributed by atoms with van der Waals surface area (Å²) in [5, 5.41) is 7.75. The van der Waals surface area contributed by atoms with Gasteiger partial charge in [0.15, 0.2) is 0 Å². The van der Waals surface area contributed by atoms with E-state index in [4.69, 9.17) is 0 Å². The first-order valence-electron chi connectivity index (χ1n) is 12.8. The predicted octanol–water partition coefficient (Wildman–Crippen LogP) is 4.57. The highest BCUT2D eigenvalue weighted by Crippen LogP contribution is 2.26. The van der Waals surface area contributed by atoms with E-state index in [0.717, 1.165) is 44.1 Å². The fourth-order valence-corrected chi connectivity index (χ4v) is 7.14. The summed E-state index contributed by atoms with van der Waals surface area (Å²) in [6.45, 7) is 5.23. The first-order chi connectivity index (χ1) is 16.4. The van der Waals surface area contributed by atoms with Gasteiger partial charge in [-0.2, -0.15) is 9.40 Å². The maximum Gasteiger partial charge on any atom is 0.251 e. The molecule has 0 unspecified atom stereocenters. The minimum absolute atomic E-state index is 0.0182. The molecule has 1 saturated carbocycles. The molecule has 1 amide bonds. The minimum atomic E-state index is -3.56. The van der Waals surface area contributed by atoms with Crippen LogP contribution in [0.4, 0.5) is 0 Å². The van der Waals surface area contributed by atoms with E-state index in [1.165, 1.54) is 25.7 Å². The van der Waals surface area contributed by atoms with Crippen molar-refractivity contribution >= 4 is 15.9 Å². The third-order valence-corrected chi connectivity index (χ3v) is 9.37. The number of carbonyl (C=O) groups excluding carboxylic acids is 1. The Kier molecular flexibility index (Phi) is 8.09. The lowest BCUT2D eigenvalue weighted by atomic mass is 10.1. The van der Waals surface area contributed by atoms with Gasteiger partial charge in [-0.05, 0) is 57.2 Å². The SMILES string of the molecule is Cc1nn(Cc2ccc(C(=O)NC3CCCCCC3)cc2)c(C)c1S(=O)(=O)N1CCCCCC1. The second-order valence-corrected chi connectivity index (χ2v) is 11.7. The Morgan fingerprint density at radius 3 is 2.15 bits per heavy atom. The topological polar surface area (TPSA) is 84.3 Å². The molecule has 1 aromatic carbocycles. The van der Waals surface area contributed by atoms with Crippen molar-refractivity contribution in [2.45, 2.75) is 95.5 Å². The lowest BCUT2D eigenvalue weighted by molar-refractivity contribution is 0.0933. The molecule has 0 spiro atoms. The summed E-state index contributed by atoms with van der Waals surface area (Å²) in [4.78, 5) is 13.0. The molecule has 34 heavy (non-hydrogen) atoms. The van der Waals surface area contributed by atoms with Gasteiger partial charge < -0.3 is 5.32 Å². The van der Waals surface area contributed by atoms with Crippen molar-refractivity contribution in [1.82, 2.24) is 19.4 Å². The van der Waals surface area contributed by atoms with Crippen molar-refractivity contribution < 1.29 is 13.2 Å². The number of amides is 1. The van der Waals surface area contributed by atoms with Crippen LogP contribution in [0.5, 0.6) is 0 Å². The van der Waals surface area contributed by atoms with Crippen LogP contribution in [0.25, 0.3) is 0 Å². The van der Waals surface area contributed by atoms with E-state index in [2.05, 4.69) is 10.4 Å². The van der Waals surface area contributed by atoms with Gasteiger partial charge in [-0.1, -0.05) is 50.7 Å². The molecule has 1 aromatic heterocycles. The highest BCUT2D eigenvalue weighted by molar-refractivity contribution is 7.89. The molecule has 7 nitrogen and oxygen atoms in total. The number of sulfonamides is 1. The van der Waals surface area contributed by atoms with Crippen molar-refractivity contribution in [1.29, 1.82) is 0 Å². The van der Waals surface area contributed by atoms with Crippen LogP contribution < -0.4 is 5.32 Å². The van der Waals surface area contributed by atoms with Gasteiger partial charge in [-0.3, -0.25) is 9.48 Å². The highest BCUT2D eigenvalue weighted by atomic mass is 32.2. The average Bonchev–Trinajstić information content (AvgIpc) is 3.09. The summed E-state index contributed by atoms with van der Waals surface area (Å²) in [5.41, 5.74) is 2.85. The molecule has 1 aliphatic carbocycles. The third-order valence-electron chi connectivity index (χ3n) is 7.22. The van der Waals surface area contributed by atoms with E-state index in [-0.39, 0.29) is 11.9 Å². The summed E-state index contributed by atoms with van der Waals surface area (Å²) in [5.74, 6) is -0.0182. The van der Waals surface area contributed by atoms with Gasteiger partial charge in [0.25, 0.3) is 5.91 Å². The van der Waals surface area contributed by atoms with E-state index in [9.17, 15) is 13.2 Å². The van der Waals surface area contributed by atoms with Crippen molar-refractivity contribution in [3.8, 4) is 0 Å². The van der Waals surface area contributed by atoms with Gasteiger partial charge >= 0.3 is 0 Å². The average molecular weight is 487 g/mol. The Bertz CT molecular complexity index is 1080. The molecule has 2 fully saturated rings. The first kappa shape index (κ1) is 24.9. The summed E-state index contributed by atoms with van der Waals surface area (Å²) < 4.78 is 30.2. The van der Waals surface area contributed by atoms with Crippen LogP contribution in [0.3, 0.4) is 0 Å². The van der Waals surface area contributed by atoms with Crippen LogP contribution in [-0.2, 0) is 16.6 Å². The highest BCUT2D eigenvalue weighted by Gasteiger charge is 2.31. The van der Waals surface area contributed by atoms with Crippen LogP contribution in [0.1, 0.15) is 91.5 Å². The number of hydrogen-bond acceptors (Lipinski definition) is 4. The van der Waals surface area contributed by atoms with Crippen LogP contribution >= 0.6 is 0 Å². The van der Waals surface area contributed by atoms with Gasteiger partial charge in [0.1, 0.15) is 4.90 Å². The molecule has 2 aliphatic rings. The number of benzene rings is 1. The number of nitrogens with zero attached hydrogens (tertiary/aromatic N) is 3. The normalized spacial score (nSPS) is 18.9. The molecule has 0 bridgehead atoms. The quantitative estimate of drug-likeness (QED) is 0.607. The van der Waals surface area contributed by atoms with E-state index < -0.39 is 10.0 Å². The molecule has 8 heteroatoms. The smallest absolute Gasteiger partial charge is 0.251 e. The lowest BCUT2D eigenvalue weighted by Crippen LogP contribution is -2.34. The zero-order valence-electron chi connectivity index (χ0n) is 20.6. The van der Waals surface area contributed by atoms with Crippen molar-refractivity contribution in [3.05, 3.63) is 46.8 Å². The molecule has 1 saturated heterocycles. The van der Waals surface area contributed by atoms with Crippen LogP contribution in [0.2, 0.25) is 0 Å². The zero-order chi connectivity index (χ0) is 24.1. The molecule has 186 valence electrons. The van der Waals surface area contributed by atoms with Crippen molar-refractivity contribution in [2.75, 3.05) is 13.1 Å². The van der Waals surface area contributed by atoms with Crippen LogP contribution in [0.15, 0.2) is 29.2 Å². The number of nitrogens with one attached hydrogen (secondary N) is 1. The van der Waals surface area contributed by atoms with Gasteiger partial charge in [-0.25, -0.2) is 8.42 Å². The largest absolute Gasteiger partial charge is 0.349 e. The van der Waals surface area contributed by atoms with E-state index in [1.54, 1.807) is 15.9 Å². The van der Waals surface area contributed by atoms with Crippen LogP contribution in [0, 0.1) is 13.8 Å². The lowest BCUT2D eigenvalue weighted by Gasteiger charge is -2.20. The maximum atomic E-state index is 13.4. The van der Waals surface area contributed by atoms with E-state index in [0.29, 0.717) is 41.5 Å². The van der Waals surface area contributed by atoms with E-state index >= 15 is 0 Å². The molecular weight excluding hydrogens is 448 g/mol. The number of carbonyl (C=O) groups is 1. The Hall–Kier alpha value is -2.19. The number of rotatable bonds is 6. The van der Waals surface area contributed by atoms with Gasteiger partial charge in [-0.15, -0.1) is 0 Å². The summed E-state index contributed by atoms with van der Waals surface area (Å²) in [7, 11) is -3.56. The summed E-state index contributed by atoms with van der Waals surface area (Å²) >= 11 is 0. The molecule has 1 aliphatic heterocycles. The maximum absolute atomic E-state index is 13.4. The van der Waals surface area contributed by atoms with Gasteiger partial charge in [0.2, 0.25) is 10.0 Å². The standard InChI is InChI=1S/C26H38N4O3S/c1-20-25(34(32,33)29-17-9-5-6-10-18-29)21(2)30(28-20)19-22-13-15-23(16-14-22)26(31)27-24-11-7-3-4-8-12-24/h13-16,24H,3-12,17-19H2,1-2H3,(H,27,31). The molecule has 1 N–H and O–H groups in total. The predicted molar refractivity (Wildman–Crippen MR) is 133 cm³/mol. The first-order valence-corrected chi connectivity index (χ1v) is 14.2. The van der Waals surface area contributed by atoms with Crippen molar-refractivity contribution in [3.63, 3.8) is 0 Å². The zero-order valence-corrected chi connectivity index (χ0v) is 21.4. The molecule has 0 atom stereocenters. The minimum Gasteiger partial charge on any atom is -0.349 e. The Labute approximate surface area is 204 Å². The Morgan fingerprint density at radius 1 is 0.941 bits per heavy atom. The third kappa shape index (κ3) is 5.71. The van der Waals surface area contributed by atoms with Crippen molar-refractivity contribution in [2.24, 2.45) is 0 Å². The Balaban J connectivity index is 1.45. The summed E-state index contributed by atoms with van der Waals surface area (Å²) in [6, 6.07) is 7.83. The number of hydrogen-bond donors (Lipinski definition) is 1. The number of aromatic nitrogens is 2. The molecule has 2 aromatic rings. The second kappa shape index (κ2) is 11.0. The molecule has 2 heterocycles. The molecule has 0 radical (unpaired) electrons.